The molecule has 0 saturated heterocycles. The van der Waals surface area contributed by atoms with Crippen LogP contribution in [-0.2, 0) is 6.42 Å². The lowest BCUT2D eigenvalue weighted by Crippen LogP contribution is -2.42. The molecule has 3 N–H and O–H groups in total. The van der Waals surface area contributed by atoms with Crippen molar-refractivity contribution in [1.82, 2.24) is 5.43 Å². The van der Waals surface area contributed by atoms with Gasteiger partial charge in [-0.2, -0.15) is 0 Å². The highest BCUT2D eigenvalue weighted by molar-refractivity contribution is 5.62. The average molecular weight is 235 g/mol. The molecule has 1 aromatic rings. The number of hydrogen-bond acceptors (Lipinski definition) is 3. The fourth-order valence-corrected chi connectivity index (χ4v) is 2.96. The number of nitrogens with zero attached hydrogens (tertiary/aromatic N) is 1. The molecule has 0 radical (unpaired) electrons. The summed E-state index contributed by atoms with van der Waals surface area (Å²) >= 11 is 0. The van der Waals surface area contributed by atoms with Gasteiger partial charge < -0.3 is 10.7 Å². The van der Waals surface area contributed by atoms with Crippen LogP contribution in [0.25, 0.3) is 0 Å². The van der Waals surface area contributed by atoms with Crippen molar-refractivity contribution in [3.05, 3.63) is 29.1 Å². The fraction of sp³-hybridized carbons (Fsp3) is 0.538. The fourth-order valence-electron chi connectivity index (χ4n) is 2.96. The van der Waals surface area contributed by atoms with Crippen LogP contribution in [0.15, 0.2) is 12.1 Å². The van der Waals surface area contributed by atoms with Crippen molar-refractivity contribution in [3.63, 3.8) is 0 Å². The van der Waals surface area contributed by atoms with Crippen molar-refractivity contribution in [1.29, 1.82) is 0 Å². The van der Waals surface area contributed by atoms with Gasteiger partial charge in [-0.3, -0.25) is 0 Å². The molecule has 0 fully saturated rings. The third kappa shape index (κ3) is 1.72. The highest BCUT2D eigenvalue weighted by Gasteiger charge is 2.34. The number of rotatable bonds is 2. The summed E-state index contributed by atoms with van der Waals surface area (Å²) < 4.78 is 13.8. The smallest absolute Gasteiger partial charge is 0.126 e. The van der Waals surface area contributed by atoms with E-state index in [2.05, 4.69) is 10.4 Å². The van der Waals surface area contributed by atoms with Gasteiger partial charge in [0.2, 0.25) is 0 Å². The second kappa shape index (κ2) is 3.96. The summed E-state index contributed by atoms with van der Waals surface area (Å²) in [4.78, 5) is 0. The zero-order valence-electron chi connectivity index (χ0n) is 10.0. The van der Waals surface area contributed by atoms with E-state index in [1.807, 2.05) is 13.0 Å². The Morgan fingerprint density at radius 1 is 1.59 bits per heavy atom. The Bertz CT molecular complexity index is 445. The molecule has 17 heavy (non-hydrogen) atoms. The van der Waals surface area contributed by atoms with Crippen LogP contribution in [0.5, 0.6) is 0 Å². The van der Waals surface area contributed by atoms with Gasteiger partial charge in [0, 0.05) is 18.2 Å². The molecule has 2 unspecified atom stereocenters. The van der Waals surface area contributed by atoms with Crippen molar-refractivity contribution in [2.45, 2.75) is 38.3 Å². The van der Waals surface area contributed by atoms with Crippen LogP contribution in [0, 0.1) is 5.82 Å². The molecule has 0 saturated carbocycles. The van der Waals surface area contributed by atoms with Crippen LogP contribution < -0.4 is 16.2 Å². The summed E-state index contributed by atoms with van der Waals surface area (Å²) in [5.41, 5.74) is 12.5. The summed E-state index contributed by atoms with van der Waals surface area (Å²) in [6.07, 6.45) is 3.00. The first kappa shape index (κ1) is 11.0. The highest BCUT2D eigenvalue weighted by atomic mass is 19.1. The van der Waals surface area contributed by atoms with Crippen molar-refractivity contribution < 1.29 is 4.39 Å². The number of halogens is 1. The van der Waals surface area contributed by atoms with Crippen molar-refractivity contribution in [2.75, 3.05) is 11.6 Å². The molecular formula is C13H18FN3. The summed E-state index contributed by atoms with van der Waals surface area (Å²) in [5.74, 6) is -0.0575. The molecular weight excluding hydrogens is 217 g/mol. The Balaban J connectivity index is 2.03. The monoisotopic (exact) mass is 235 g/mol. The molecule has 1 aliphatic carbocycles. The largest absolute Gasteiger partial charge is 0.326 e. The topological polar surface area (TPSA) is 41.3 Å². The van der Waals surface area contributed by atoms with E-state index in [9.17, 15) is 4.39 Å². The van der Waals surface area contributed by atoms with Crippen LogP contribution in [-0.4, -0.2) is 12.6 Å². The van der Waals surface area contributed by atoms with Crippen LogP contribution in [0.3, 0.4) is 0 Å². The van der Waals surface area contributed by atoms with E-state index in [0.29, 0.717) is 0 Å². The van der Waals surface area contributed by atoms with E-state index < -0.39 is 0 Å². The summed E-state index contributed by atoms with van der Waals surface area (Å²) in [6, 6.07) is 3.83. The predicted octanol–water partition coefficient (Wildman–Crippen LogP) is 1.87. The molecule has 1 aliphatic heterocycles. The minimum absolute atomic E-state index is 0.0575. The van der Waals surface area contributed by atoms with E-state index in [1.54, 1.807) is 6.07 Å². The number of anilines is 1. The Labute approximate surface area is 101 Å². The van der Waals surface area contributed by atoms with Gasteiger partial charge in [-0.05, 0) is 43.9 Å². The van der Waals surface area contributed by atoms with Crippen molar-refractivity contribution >= 4 is 5.69 Å². The van der Waals surface area contributed by atoms with Gasteiger partial charge in [-0.15, -0.1) is 0 Å². The molecule has 0 spiro atoms. The van der Waals surface area contributed by atoms with Gasteiger partial charge in [0.05, 0.1) is 11.7 Å². The van der Waals surface area contributed by atoms with Crippen molar-refractivity contribution in [3.8, 4) is 0 Å². The SMILES string of the molecule is CC(N)CN1NC2CCCc3c(F)ccc1c32. The minimum Gasteiger partial charge on any atom is -0.326 e. The highest BCUT2D eigenvalue weighted by Crippen LogP contribution is 2.42. The van der Waals surface area contributed by atoms with Gasteiger partial charge in [0.15, 0.2) is 0 Å². The van der Waals surface area contributed by atoms with Crippen LogP contribution in [0.1, 0.15) is 36.9 Å². The lowest BCUT2D eigenvalue weighted by atomic mass is 9.87. The molecule has 3 rings (SSSR count). The van der Waals surface area contributed by atoms with Crippen LogP contribution in [0.2, 0.25) is 0 Å². The van der Waals surface area contributed by atoms with Crippen molar-refractivity contribution in [2.24, 2.45) is 5.73 Å². The minimum atomic E-state index is -0.0575. The summed E-state index contributed by atoms with van der Waals surface area (Å²) in [7, 11) is 0. The lowest BCUT2D eigenvalue weighted by Gasteiger charge is -2.22. The number of hydrazine groups is 1. The van der Waals surface area contributed by atoms with Crippen LogP contribution >= 0.6 is 0 Å². The average Bonchev–Trinajstić information content (AvgIpc) is 2.62. The van der Waals surface area contributed by atoms with Gasteiger partial charge in [-0.25, -0.2) is 9.82 Å². The summed E-state index contributed by atoms with van der Waals surface area (Å²) in [5, 5.41) is 2.08. The first-order valence-corrected chi connectivity index (χ1v) is 6.27. The standard InChI is InChI=1S/C13H18FN3/c1-8(15)7-17-12-6-5-10(14)9-3-2-4-11(16-17)13(9)12/h5-6,8,11,16H,2-4,7,15H2,1H3. The molecule has 1 aromatic carbocycles. The molecule has 4 heteroatoms. The van der Waals surface area contributed by atoms with Gasteiger partial charge in [0.1, 0.15) is 5.82 Å². The Morgan fingerprint density at radius 3 is 3.18 bits per heavy atom. The third-order valence-corrected chi connectivity index (χ3v) is 3.62. The maximum atomic E-state index is 13.8. The third-order valence-electron chi connectivity index (χ3n) is 3.62. The Hall–Kier alpha value is -1.13. The Kier molecular flexibility index (Phi) is 2.56. The number of nitrogens with one attached hydrogen (secondary N) is 1. The maximum Gasteiger partial charge on any atom is 0.126 e. The molecule has 3 nitrogen and oxygen atoms in total. The Morgan fingerprint density at radius 2 is 2.41 bits per heavy atom. The van der Waals surface area contributed by atoms with E-state index in [1.165, 1.54) is 0 Å². The number of nitrogens with two attached hydrogens (primary N) is 1. The van der Waals surface area contributed by atoms with Gasteiger partial charge in [-0.1, -0.05) is 0 Å². The zero-order chi connectivity index (χ0) is 12.0. The molecule has 2 atom stereocenters. The number of hydrogen-bond donors (Lipinski definition) is 2. The predicted molar refractivity (Wildman–Crippen MR) is 66.2 cm³/mol. The van der Waals surface area contributed by atoms with Crippen LogP contribution in [0.4, 0.5) is 10.1 Å². The van der Waals surface area contributed by atoms with E-state index in [-0.39, 0.29) is 17.9 Å². The second-order valence-electron chi connectivity index (χ2n) is 5.12. The number of benzene rings is 1. The lowest BCUT2D eigenvalue weighted by molar-refractivity contribution is 0.461. The zero-order valence-corrected chi connectivity index (χ0v) is 10.0. The van der Waals surface area contributed by atoms with E-state index in [0.717, 1.165) is 42.6 Å². The molecule has 0 amide bonds. The van der Waals surface area contributed by atoms with E-state index >= 15 is 0 Å². The van der Waals surface area contributed by atoms with Gasteiger partial charge >= 0.3 is 0 Å². The first-order valence-electron chi connectivity index (χ1n) is 6.27. The summed E-state index contributed by atoms with van der Waals surface area (Å²) in [6.45, 7) is 2.74. The van der Waals surface area contributed by atoms with E-state index in [4.69, 9.17) is 5.73 Å². The molecule has 2 aliphatic rings. The molecule has 0 bridgehead atoms. The normalized spacial score (nSPS) is 23.7. The molecule has 1 heterocycles. The maximum absolute atomic E-state index is 13.8. The second-order valence-corrected chi connectivity index (χ2v) is 5.12. The van der Waals surface area contributed by atoms with Gasteiger partial charge in [0.25, 0.3) is 0 Å². The molecule has 0 aromatic heterocycles. The molecule has 92 valence electrons. The quantitative estimate of drug-likeness (QED) is 0.822. The first-order chi connectivity index (χ1) is 8.16.